The molecule has 1 aromatic heterocycles. The van der Waals surface area contributed by atoms with E-state index in [2.05, 4.69) is 15.2 Å². The third-order valence-corrected chi connectivity index (χ3v) is 8.63. The van der Waals surface area contributed by atoms with Gasteiger partial charge in [-0.2, -0.15) is 13.2 Å². The van der Waals surface area contributed by atoms with E-state index in [9.17, 15) is 32.7 Å². The van der Waals surface area contributed by atoms with Crippen LogP contribution in [-0.2, 0) is 21.2 Å². The van der Waals surface area contributed by atoms with Crippen LogP contribution in [0.15, 0.2) is 48.7 Å². The maximum Gasteiger partial charge on any atom is 0.416 e. The van der Waals surface area contributed by atoms with E-state index in [0.717, 1.165) is 44.4 Å². The minimum absolute atomic E-state index is 0.00454. The first kappa shape index (κ1) is 27.1. The minimum atomic E-state index is -4.56. The molecule has 2 amide bonds. The van der Waals surface area contributed by atoms with Crippen LogP contribution in [0.4, 0.5) is 13.2 Å². The van der Waals surface area contributed by atoms with Gasteiger partial charge in [0.1, 0.15) is 5.41 Å². The molecule has 1 aromatic carbocycles. The topological polar surface area (TPSA) is 103 Å². The average Bonchev–Trinajstić information content (AvgIpc) is 3.54. The van der Waals surface area contributed by atoms with Gasteiger partial charge < -0.3 is 15.3 Å². The first-order chi connectivity index (χ1) is 18.6. The molecule has 3 heterocycles. The van der Waals surface area contributed by atoms with Gasteiger partial charge in [-0.1, -0.05) is 12.1 Å². The van der Waals surface area contributed by atoms with E-state index in [1.54, 1.807) is 23.2 Å². The second kappa shape index (κ2) is 10.6. The first-order valence-electron chi connectivity index (χ1n) is 13.3. The number of benzene rings is 1. The largest absolute Gasteiger partial charge is 0.481 e. The number of nitrogens with one attached hydrogen (secondary N) is 1. The summed E-state index contributed by atoms with van der Waals surface area (Å²) < 4.78 is 38.9. The van der Waals surface area contributed by atoms with Crippen LogP contribution in [0.25, 0.3) is 0 Å². The second-order valence-corrected chi connectivity index (χ2v) is 10.6. The van der Waals surface area contributed by atoms with Crippen molar-refractivity contribution in [2.24, 2.45) is 0 Å². The lowest BCUT2D eigenvalue weighted by Crippen LogP contribution is -2.49. The van der Waals surface area contributed by atoms with E-state index in [4.69, 9.17) is 0 Å². The van der Waals surface area contributed by atoms with E-state index in [1.165, 1.54) is 12.1 Å². The number of aromatic nitrogens is 1. The van der Waals surface area contributed by atoms with Crippen LogP contribution in [-0.4, -0.2) is 75.4 Å². The second-order valence-electron chi connectivity index (χ2n) is 10.6. The number of likely N-dealkylation sites (tertiary alicyclic amines) is 2. The predicted molar refractivity (Wildman–Crippen MR) is 135 cm³/mol. The number of hydrogen-bond acceptors (Lipinski definition) is 5. The van der Waals surface area contributed by atoms with Gasteiger partial charge in [0.25, 0.3) is 5.91 Å². The number of fused-ring (bicyclic) bond motifs is 1. The number of carboxylic acid groups (broad SMARTS) is 1. The normalized spacial score (nSPS) is 27.3. The number of nitrogens with zero attached hydrogens (tertiary/aromatic N) is 3. The molecule has 1 saturated carbocycles. The summed E-state index contributed by atoms with van der Waals surface area (Å²) >= 11 is 0. The summed E-state index contributed by atoms with van der Waals surface area (Å²) in [6, 6.07) is 9.90. The van der Waals surface area contributed by atoms with Crippen molar-refractivity contribution in [3.63, 3.8) is 0 Å². The first-order valence-corrected chi connectivity index (χ1v) is 13.3. The third kappa shape index (κ3) is 5.24. The Kier molecular flexibility index (Phi) is 7.37. The van der Waals surface area contributed by atoms with E-state index in [1.807, 2.05) is 6.07 Å². The molecule has 2 aromatic rings. The number of hydrogen-bond donors (Lipinski definition) is 2. The molecule has 0 unspecified atom stereocenters. The number of aliphatic carboxylic acids is 1. The van der Waals surface area contributed by atoms with Gasteiger partial charge in [-0.05, 0) is 68.9 Å². The number of carbonyl (C=O) groups excluding carboxylic acids is 2. The maximum absolute atomic E-state index is 13.0. The SMILES string of the molecule is O=C(NCC(=O)N1CC[C@H]2[C@@H]1CCN2C1CCC(C(=O)O)(c2ccccn2)CC1)c1cccc(C(F)(F)F)c1. The minimum Gasteiger partial charge on any atom is -0.481 e. The molecule has 5 rings (SSSR count). The molecule has 11 heteroatoms. The molecule has 2 atom stereocenters. The van der Waals surface area contributed by atoms with Gasteiger partial charge in [0.05, 0.1) is 17.8 Å². The predicted octanol–water partition coefficient (Wildman–Crippen LogP) is 3.47. The molecule has 208 valence electrons. The smallest absolute Gasteiger partial charge is 0.416 e. The van der Waals surface area contributed by atoms with Crippen molar-refractivity contribution < 1.29 is 32.7 Å². The molecule has 3 fully saturated rings. The molecule has 0 bridgehead atoms. The molecule has 8 nitrogen and oxygen atoms in total. The summed E-state index contributed by atoms with van der Waals surface area (Å²) in [5.41, 5.74) is -1.45. The van der Waals surface area contributed by atoms with Crippen molar-refractivity contribution in [3.05, 3.63) is 65.5 Å². The molecule has 39 heavy (non-hydrogen) atoms. The summed E-state index contributed by atoms with van der Waals surface area (Å²) in [6.45, 7) is 1.07. The van der Waals surface area contributed by atoms with Crippen molar-refractivity contribution in [2.45, 2.75) is 68.2 Å². The number of carbonyl (C=O) groups is 3. The lowest BCUT2D eigenvalue weighted by molar-refractivity contribution is -0.146. The van der Waals surface area contributed by atoms with Crippen LogP contribution < -0.4 is 5.32 Å². The molecule has 2 N–H and O–H groups in total. The number of amides is 2. The highest BCUT2D eigenvalue weighted by Crippen LogP contribution is 2.43. The van der Waals surface area contributed by atoms with E-state index in [0.29, 0.717) is 25.1 Å². The highest BCUT2D eigenvalue weighted by atomic mass is 19.4. The summed E-state index contributed by atoms with van der Waals surface area (Å²) in [5, 5.41) is 12.5. The van der Waals surface area contributed by atoms with Crippen LogP contribution in [0.5, 0.6) is 0 Å². The summed E-state index contributed by atoms with van der Waals surface area (Å²) in [5.74, 6) is -1.83. The fraction of sp³-hybridized carbons (Fsp3) is 0.500. The van der Waals surface area contributed by atoms with Gasteiger partial charge in [-0.15, -0.1) is 0 Å². The van der Waals surface area contributed by atoms with Gasteiger partial charge in [-0.3, -0.25) is 24.3 Å². The van der Waals surface area contributed by atoms with Gasteiger partial charge in [-0.25, -0.2) is 0 Å². The number of alkyl halides is 3. The van der Waals surface area contributed by atoms with Gasteiger partial charge in [0, 0.05) is 43.0 Å². The standard InChI is InChI=1S/C28H31F3N4O4/c29-28(30,31)19-5-3-4-18(16-19)25(37)33-17-24(36)35-15-10-21-22(35)9-14-34(21)20-7-11-27(12-8-20,26(38)39)23-6-1-2-13-32-23/h1-6,13,16,20-22H,7-12,14-15,17H2,(H,33,37)(H,38,39)/t20?,21-,22-,27?/m0/s1. The van der Waals surface area contributed by atoms with E-state index < -0.39 is 29.0 Å². The van der Waals surface area contributed by atoms with Crippen molar-refractivity contribution in [2.75, 3.05) is 19.6 Å². The lowest BCUT2D eigenvalue weighted by atomic mass is 9.69. The van der Waals surface area contributed by atoms with Crippen LogP contribution in [0.1, 0.15) is 60.1 Å². The summed E-state index contributed by atoms with van der Waals surface area (Å²) in [4.78, 5) is 46.2. The quantitative estimate of drug-likeness (QED) is 0.578. The zero-order valence-corrected chi connectivity index (χ0v) is 21.4. The fourth-order valence-corrected chi connectivity index (χ4v) is 6.63. The third-order valence-electron chi connectivity index (χ3n) is 8.63. The highest BCUT2D eigenvalue weighted by molar-refractivity contribution is 5.96. The Labute approximate surface area is 224 Å². The molecule has 0 spiro atoms. The molecule has 0 radical (unpaired) electrons. The molecular formula is C28H31F3N4O4. The van der Waals surface area contributed by atoms with Gasteiger partial charge in [0.2, 0.25) is 5.91 Å². The monoisotopic (exact) mass is 544 g/mol. The Bertz CT molecular complexity index is 1230. The zero-order chi connectivity index (χ0) is 27.8. The number of carboxylic acids is 1. The van der Waals surface area contributed by atoms with Crippen molar-refractivity contribution >= 4 is 17.8 Å². The van der Waals surface area contributed by atoms with E-state index >= 15 is 0 Å². The maximum atomic E-state index is 13.0. The van der Waals surface area contributed by atoms with Crippen LogP contribution in [0, 0.1) is 0 Å². The lowest BCUT2D eigenvalue weighted by Gasteiger charge is -2.41. The van der Waals surface area contributed by atoms with Crippen molar-refractivity contribution in [3.8, 4) is 0 Å². The zero-order valence-electron chi connectivity index (χ0n) is 21.4. The van der Waals surface area contributed by atoms with Gasteiger partial charge >= 0.3 is 12.1 Å². The number of pyridine rings is 1. The highest BCUT2D eigenvalue weighted by Gasteiger charge is 2.50. The molecule has 1 aliphatic carbocycles. The number of rotatable bonds is 6. The molecule has 3 aliphatic rings. The average molecular weight is 545 g/mol. The molecular weight excluding hydrogens is 513 g/mol. The Balaban J connectivity index is 1.17. The Morgan fingerprint density at radius 2 is 1.74 bits per heavy atom. The Morgan fingerprint density at radius 1 is 1.00 bits per heavy atom. The van der Waals surface area contributed by atoms with Crippen molar-refractivity contribution in [1.29, 1.82) is 0 Å². The van der Waals surface area contributed by atoms with Crippen molar-refractivity contribution in [1.82, 2.24) is 20.1 Å². The van der Waals surface area contributed by atoms with Crippen LogP contribution >= 0.6 is 0 Å². The Morgan fingerprint density at radius 3 is 2.41 bits per heavy atom. The molecule has 2 saturated heterocycles. The molecule has 2 aliphatic heterocycles. The number of halogens is 3. The Hall–Kier alpha value is -3.47. The summed E-state index contributed by atoms with van der Waals surface area (Å²) in [7, 11) is 0. The van der Waals surface area contributed by atoms with Crippen LogP contribution in [0.2, 0.25) is 0 Å². The van der Waals surface area contributed by atoms with Crippen LogP contribution in [0.3, 0.4) is 0 Å². The van der Waals surface area contributed by atoms with Gasteiger partial charge in [0.15, 0.2) is 0 Å². The van der Waals surface area contributed by atoms with E-state index in [-0.39, 0.29) is 36.1 Å². The fourth-order valence-electron chi connectivity index (χ4n) is 6.63. The summed E-state index contributed by atoms with van der Waals surface area (Å²) in [6.07, 6.45) is 1.11.